The van der Waals surface area contributed by atoms with Crippen LogP contribution in [0.15, 0.2) is 84.0 Å². The van der Waals surface area contributed by atoms with Crippen LogP contribution < -0.4 is 24.4 Å². The second kappa shape index (κ2) is 13.4. The molecular weight excluding hydrogens is 582 g/mol. The molecule has 1 heterocycles. The molecule has 0 atom stereocenters. The number of carbonyl (C=O) groups is 2. The molecule has 5 aromatic rings. The van der Waals surface area contributed by atoms with Crippen molar-refractivity contribution in [1.82, 2.24) is 10.4 Å². The number of hydrogen-bond acceptors (Lipinski definition) is 7. The van der Waals surface area contributed by atoms with Crippen LogP contribution in [-0.2, 0) is 0 Å². The van der Waals surface area contributed by atoms with Gasteiger partial charge >= 0.3 is 5.97 Å². The number of methoxy groups -OCH3 is 2. The molecule has 0 saturated heterocycles. The SMILES string of the molecule is CCOc1cc(C=NNC(=O)c2[nH]c3c(OC)ccc(OC)c3c2-c2ccccc2Cl)ccc1OC(=O)c1cccc(C)c1. The minimum atomic E-state index is -0.509. The van der Waals surface area contributed by atoms with Crippen LogP contribution in [0.5, 0.6) is 23.0 Å². The summed E-state index contributed by atoms with van der Waals surface area (Å²) in [5.74, 6) is 0.698. The lowest BCUT2D eigenvalue weighted by atomic mass is 10.0. The second-order valence-electron chi connectivity index (χ2n) is 9.67. The topological polar surface area (TPSA) is 111 Å². The Morgan fingerprint density at radius 3 is 2.39 bits per heavy atom. The molecule has 4 aromatic carbocycles. The van der Waals surface area contributed by atoms with Gasteiger partial charge in [-0.2, -0.15) is 5.10 Å². The van der Waals surface area contributed by atoms with Crippen LogP contribution in [0.1, 0.15) is 38.9 Å². The predicted octanol–water partition coefficient (Wildman–Crippen LogP) is 7.20. The molecule has 0 aliphatic heterocycles. The number of aryl methyl sites for hydroxylation is 1. The van der Waals surface area contributed by atoms with E-state index in [0.717, 1.165) is 5.56 Å². The molecule has 0 bridgehead atoms. The third-order valence-electron chi connectivity index (χ3n) is 6.79. The summed E-state index contributed by atoms with van der Waals surface area (Å²) in [6.45, 7) is 4.08. The van der Waals surface area contributed by atoms with E-state index in [-0.39, 0.29) is 11.4 Å². The Morgan fingerprint density at radius 2 is 1.66 bits per heavy atom. The van der Waals surface area contributed by atoms with E-state index in [1.54, 1.807) is 68.8 Å². The number of nitrogens with one attached hydrogen (secondary N) is 2. The zero-order chi connectivity index (χ0) is 31.2. The van der Waals surface area contributed by atoms with Gasteiger partial charge in [-0.15, -0.1) is 0 Å². The molecule has 44 heavy (non-hydrogen) atoms. The van der Waals surface area contributed by atoms with E-state index in [4.69, 9.17) is 30.5 Å². The van der Waals surface area contributed by atoms with Crippen LogP contribution >= 0.6 is 11.6 Å². The minimum Gasteiger partial charge on any atom is -0.496 e. The second-order valence-corrected chi connectivity index (χ2v) is 10.1. The molecule has 5 rings (SSSR count). The van der Waals surface area contributed by atoms with E-state index in [0.29, 0.717) is 62.0 Å². The number of carbonyl (C=O) groups excluding carboxylic acids is 2. The molecule has 1 amide bonds. The zero-order valence-corrected chi connectivity index (χ0v) is 25.3. The molecule has 9 nitrogen and oxygen atoms in total. The lowest BCUT2D eigenvalue weighted by Gasteiger charge is -2.11. The van der Waals surface area contributed by atoms with Gasteiger partial charge in [0, 0.05) is 16.1 Å². The highest BCUT2D eigenvalue weighted by Crippen LogP contribution is 2.44. The van der Waals surface area contributed by atoms with Crippen molar-refractivity contribution in [3.8, 4) is 34.1 Å². The maximum absolute atomic E-state index is 13.5. The van der Waals surface area contributed by atoms with Crippen molar-refractivity contribution in [2.24, 2.45) is 5.10 Å². The molecule has 0 aliphatic rings. The number of esters is 1. The van der Waals surface area contributed by atoms with Crippen molar-refractivity contribution in [2.45, 2.75) is 13.8 Å². The van der Waals surface area contributed by atoms with Gasteiger partial charge in [0.15, 0.2) is 11.5 Å². The summed E-state index contributed by atoms with van der Waals surface area (Å²) in [5.41, 5.74) is 6.56. The fourth-order valence-corrected chi connectivity index (χ4v) is 5.03. The van der Waals surface area contributed by atoms with Gasteiger partial charge in [0.1, 0.15) is 17.2 Å². The van der Waals surface area contributed by atoms with Crippen molar-refractivity contribution >= 4 is 40.6 Å². The Kier molecular flexibility index (Phi) is 9.16. The Labute approximate surface area is 259 Å². The number of ether oxygens (including phenoxy) is 4. The van der Waals surface area contributed by atoms with Gasteiger partial charge in [-0.1, -0.05) is 47.5 Å². The largest absolute Gasteiger partial charge is 0.496 e. The summed E-state index contributed by atoms with van der Waals surface area (Å²) in [4.78, 5) is 29.4. The van der Waals surface area contributed by atoms with E-state index in [2.05, 4.69) is 15.5 Å². The van der Waals surface area contributed by atoms with Crippen LogP contribution in [0.3, 0.4) is 0 Å². The lowest BCUT2D eigenvalue weighted by molar-refractivity contribution is 0.0728. The molecule has 2 N–H and O–H groups in total. The van der Waals surface area contributed by atoms with Crippen LogP contribution in [0.25, 0.3) is 22.0 Å². The highest BCUT2D eigenvalue weighted by atomic mass is 35.5. The zero-order valence-electron chi connectivity index (χ0n) is 24.6. The number of H-pyrrole nitrogens is 1. The number of aromatic amines is 1. The average Bonchev–Trinajstić information content (AvgIpc) is 3.43. The van der Waals surface area contributed by atoms with E-state index in [1.807, 2.05) is 38.1 Å². The van der Waals surface area contributed by atoms with Gasteiger partial charge in [0.2, 0.25) is 0 Å². The van der Waals surface area contributed by atoms with Crippen molar-refractivity contribution in [3.05, 3.63) is 106 Å². The fourth-order valence-electron chi connectivity index (χ4n) is 4.80. The lowest BCUT2D eigenvalue weighted by Crippen LogP contribution is -2.19. The number of hydrazone groups is 1. The summed E-state index contributed by atoms with van der Waals surface area (Å²) in [7, 11) is 3.10. The van der Waals surface area contributed by atoms with Gasteiger partial charge in [0.25, 0.3) is 5.91 Å². The quantitative estimate of drug-likeness (QED) is 0.0748. The van der Waals surface area contributed by atoms with Gasteiger partial charge in [0.05, 0.1) is 43.5 Å². The number of benzene rings is 4. The first-order chi connectivity index (χ1) is 21.3. The predicted molar refractivity (Wildman–Crippen MR) is 171 cm³/mol. The highest BCUT2D eigenvalue weighted by molar-refractivity contribution is 6.34. The summed E-state index contributed by atoms with van der Waals surface area (Å²) >= 11 is 6.58. The maximum Gasteiger partial charge on any atom is 0.343 e. The third-order valence-corrected chi connectivity index (χ3v) is 7.12. The van der Waals surface area contributed by atoms with Crippen LogP contribution in [0.4, 0.5) is 0 Å². The number of rotatable bonds is 10. The van der Waals surface area contributed by atoms with Gasteiger partial charge < -0.3 is 23.9 Å². The van der Waals surface area contributed by atoms with Crippen molar-refractivity contribution in [1.29, 1.82) is 0 Å². The van der Waals surface area contributed by atoms with Gasteiger partial charge in [-0.3, -0.25) is 4.79 Å². The van der Waals surface area contributed by atoms with Crippen LogP contribution in [0, 0.1) is 6.92 Å². The Hall–Kier alpha value is -5.28. The molecule has 0 unspecified atom stereocenters. The summed E-state index contributed by atoms with van der Waals surface area (Å²) in [5, 5.41) is 5.28. The van der Waals surface area contributed by atoms with Crippen molar-refractivity contribution in [2.75, 3.05) is 20.8 Å². The smallest absolute Gasteiger partial charge is 0.343 e. The molecule has 0 spiro atoms. The maximum atomic E-state index is 13.5. The monoisotopic (exact) mass is 611 g/mol. The highest BCUT2D eigenvalue weighted by Gasteiger charge is 2.25. The number of halogens is 1. The first kappa shape index (κ1) is 30.2. The standard InChI is InChI=1S/C34H30ClN3O6/c1-5-43-28-18-21(13-14-25(28)44-34(40)22-10-8-9-20(2)17-22)19-36-38-33(39)32-29(23-11-6-7-12-24(23)35)30-26(41-3)15-16-27(42-4)31(30)37-32/h6-19,37H,5H2,1-4H3,(H,38,39). The average molecular weight is 612 g/mol. The molecule has 224 valence electrons. The summed E-state index contributed by atoms with van der Waals surface area (Å²) in [6, 6.07) is 22.9. The molecule has 0 saturated carbocycles. The molecular formula is C34H30ClN3O6. The Morgan fingerprint density at radius 1 is 0.909 bits per heavy atom. The van der Waals surface area contributed by atoms with E-state index in [1.165, 1.54) is 6.21 Å². The fraction of sp³-hybridized carbons (Fsp3) is 0.147. The molecule has 0 radical (unpaired) electrons. The van der Waals surface area contributed by atoms with E-state index >= 15 is 0 Å². The Bertz CT molecular complexity index is 1880. The van der Waals surface area contributed by atoms with Gasteiger partial charge in [-0.05, 0) is 67.9 Å². The molecule has 10 heteroatoms. The number of aromatic nitrogens is 1. The van der Waals surface area contributed by atoms with Gasteiger partial charge in [-0.25, -0.2) is 10.2 Å². The normalized spacial score (nSPS) is 11.0. The number of amides is 1. The number of nitrogens with zero attached hydrogens (tertiary/aromatic N) is 1. The summed E-state index contributed by atoms with van der Waals surface area (Å²) in [6.07, 6.45) is 1.46. The Balaban J connectivity index is 1.43. The van der Waals surface area contributed by atoms with E-state index in [9.17, 15) is 9.59 Å². The molecule has 0 aliphatic carbocycles. The van der Waals surface area contributed by atoms with E-state index < -0.39 is 11.9 Å². The minimum absolute atomic E-state index is 0.224. The number of hydrogen-bond donors (Lipinski definition) is 2. The summed E-state index contributed by atoms with van der Waals surface area (Å²) < 4.78 is 22.5. The first-order valence-corrected chi connectivity index (χ1v) is 14.1. The first-order valence-electron chi connectivity index (χ1n) is 13.7. The van der Waals surface area contributed by atoms with Crippen molar-refractivity contribution in [3.63, 3.8) is 0 Å². The number of fused-ring (bicyclic) bond motifs is 1. The third kappa shape index (κ3) is 6.23. The molecule has 0 fully saturated rings. The molecule has 1 aromatic heterocycles. The van der Waals surface area contributed by atoms with Crippen molar-refractivity contribution < 1.29 is 28.5 Å². The van der Waals surface area contributed by atoms with Crippen LogP contribution in [0.2, 0.25) is 5.02 Å². The van der Waals surface area contributed by atoms with Crippen LogP contribution in [-0.4, -0.2) is 43.9 Å².